The summed E-state index contributed by atoms with van der Waals surface area (Å²) in [4.78, 5) is 1.99. The highest BCUT2D eigenvalue weighted by Crippen LogP contribution is 2.72. The number of rotatable bonds is 2. The summed E-state index contributed by atoms with van der Waals surface area (Å²) in [6.45, 7) is 2.36. The second kappa shape index (κ2) is 7.08. The van der Waals surface area contributed by atoms with Crippen LogP contribution in [0.2, 0.25) is 0 Å². The number of nitrogens with zero attached hydrogens (tertiary/aromatic N) is 3. The predicted octanol–water partition coefficient (Wildman–Crippen LogP) is 3.56. The number of aromatic nitrogens is 2. The Kier molecular flexibility index (Phi) is 4.46. The number of likely N-dealkylation sites (N-methyl/N-ethyl adjacent to an activating group) is 1. The molecule has 3 fully saturated rings. The van der Waals surface area contributed by atoms with Crippen molar-refractivity contribution in [3.05, 3.63) is 47.7 Å². The highest BCUT2D eigenvalue weighted by molar-refractivity contribution is 5.85. The van der Waals surface area contributed by atoms with Gasteiger partial charge in [-0.2, -0.15) is 10.4 Å². The maximum Gasteiger partial charge on any atom is 0.105 e. The molecule has 0 radical (unpaired) electrons. The van der Waals surface area contributed by atoms with Crippen LogP contribution in [0.15, 0.2) is 42.1 Å². The summed E-state index contributed by atoms with van der Waals surface area (Å²) >= 11 is 0. The lowest BCUT2D eigenvalue weighted by Crippen LogP contribution is -2.66. The first-order valence-electron chi connectivity index (χ1n) is 13.2. The number of benzene rings is 1. The van der Waals surface area contributed by atoms with E-state index >= 15 is 0 Å². The lowest BCUT2D eigenvalue weighted by molar-refractivity contribution is -0.223. The van der Waals surface area contributed by atoms with E-state index in [4.69, 9.17) is 4.74 Å². The minimum atomic E-state index is -1.01. The molecule has 0 amide bonds. The summed E-state index contributed by atoms with van der Waals surface area (Å²) in [7, 11) is 3.89. The van der Waals surface area contributed by atoms with E-state index < -0.39 is 28.8 Å². The van der Waals surface area contributed by atoms with Crippen molar-refractivity contribution in [1.82, 2.24) is 15.1 Å². The first-order chi connectivity index (χ1) is 17.2. The van der Waals surface area contributed by atoms with Gasteiger partial charge in [-0.3, -0.25) is 5.10 Å². The van der Waals surface area contributed by atoms with Crippen LogP contribution in [0.4, 0.5) is 0 Å². The molecule has 8 atom stereocenters. The number of H-pyrrole nitrogens is 1. The largest absolute Gasteiger partial charge is 0.388 e. The van der Waals surface area contributed by atoms with Gasteiger partial charge >= 0.3 is 0 Å². The summed E-state index contributed by atoms with van der Waals surface area (Å²) in [5, 5.41) is 41.2. The van der Waals surface area contributed by atoms with Crippen molar-refractivity contribution in [3.63, 3.8) is 0 Å². The van der Waals surface area contributed by atoms with E-state index in [0.29, 0.717) is 12.8 Å². The van der Waals surface area contributed by atoms with Crippen molar-refractivity contribution < 1.29 is 14.9 Å². The fraction of sp³-hybridized carbons (Fsp3) is 0.586. The smallest absolute Gasteiger partial charge is 0.105 e. The SMILES string of the molecule is CN(C)C1CC23CCC4(O2)C2CC=C(c5ccc6[nH]ncc6c5)C2(C)CCC4(C#N)C=C3C(O)C1O. The zero-order valence-electron chi connectivity index (χ0n) is 21.2. The van der Waals surface area contributed by atoms with Gasteiger partial charge in [0.15, 0.2) is 0 Å². The number of nitrogens with one attached hydrogen (secondary N) is 1. The van der Waals surface area contributed by atoms with E-state index in [1.807, 2.05) is 25.2 Å². The molecular formula is C29H34N4O3. The standard InChI is InChI=1S/C29H34N4O3/c1-26-8-9-27(16-30)13-20-24(34)25(35)22(33(2)3)14-28(20)10-11-29(27,36-28)23(26)7-5-19(26)17-4-6-21-18(12-17)15-31-32-21/h4-6,12-13,15,22-25,34-35H,7-11,14H2,1-3H3,(H,31,32). The van der Waals surface area contributed by atoms with Gasteiger partial charge in [-0.25, -0.2) is 0 Å². The second-order valence-electron chi connectivity index (χ2n) is 12.3. The molecule has 2 saturated carbocycles. The third-order valence-electron chi connectivity index (χ3n) is 10.7. The molecule has 3 N–H and O–H groups in total. The lowest BCUT2D eigenvalue weighted by Gasteiger charge is -2.61. The third-order valence-corrected chi connectivity index (χ3v) is 10.7. The average Bonchev–Trinajstić information content (AvgIpc) is 3.56. The van der Waals surface area contributed by atoms with Crippen molar-refractivity contribution in [2.45, 2.75) is 74.9 Å². The number of allylic oxidation sites excluding steroid dienone is 2. The number of aromatic amines is 1. The van der Waals surface area contributed by atoms with Crippen molar-refractivity contribution in [2.75, 3.05) is 14.1 Å². The number of fused-ring (bicyclic) bond motifs is 2. The summed E-state index contributed by atoms with van der Waals surface area (Å²) < 4.78 is 7.26. The van der Waals surface area contributed by atoms with Gasteiger partial charge < -0.3 is 19.8 Å². The highest BCUT2D eigenvalue weighted by atomic mass is 16.5. The molecule has 1 saturated heterocycles. The molecule has 1 aromatic heterocycles. The van der Waals surface area contributed by atoms with Crippen LogP contribution in [0.5, 0.6) is 0 Å². The van der Waals surface area contributed by atoms with Crippen molar-refractivity contribution >= 4 is 16.5 Å². The van der Waals surface area contributed by atoms with Crippen molar-refractivity contribution in [1.29, 1.82) is 5.26 Å². The fourth-order valence-electron chi connectivity index (χ4n) is 8.80. The molecule has 36 heavy (non-hydrogen) atoms. The average molecular weight is 487 g/mol. The van der Waals surface area contributed by atoms with Gasteiger partial charge in [0.2, 0.25) is 0 Å². The van der Waals surface area contributed by atoms with Gasteiger partial charge in [0.05, 0.1) is 35.1 Å². The van der Waals surface area contributed by atoms with Gasteiger partial charge in [-0.1, -0.05) is 25.1 Å². The van der Waals surface area contributed by atoms with E-state index in [9.17, 15) is 15.5 Å². The summed E-state index contributed by atoms with van der Waals surface area (Å²) in [6.07, 6.45) is 9.04. The highest BCUT2D eigenvalue weighted by Gasteiger charge is 2.74. The monoisotopic (exact) mass is 486 g/mol. The molecule has 2 aromatic rings. The Morgan fingerprint density at radius 1 is 1.19 bits per heavy atom. The number of nitriles is 1. The zero-order valence-corrected chi connectivity index (χ0v) is 21.2. The van der Waals surface area contributed by atoms with E-state index in [2.05, 4.69) is 53.5 Å². The van der Waals surface area contributed by atoms with Crippen molar-refractivity contribution in [2.24, 2.45) is 16.7 Å². The minimum Gasteiger partial charge on any atom is -0.388 e. The fourth-order valence-corrected chi connectivity index (χ4v) is 8.80. The zero-order chi connectivity index (χ0) is 25.1. The van der Waals surface area contributed by atoms with Crippen LogP contribution in [-0.2, 0) is 4.74 Å². The van der Waals surface area contributed by atoms with Crippen molar-refractivity contribution in [3.8, 4) is 6.07 Å². The van der Waals surface area contributed by atoms with E-state index in [0.717, 1.165) is 42.2 Å². The molecular weight excluding hydrogens is 452 g/mol. The number of aliphatic hydroxyl groups is 2. The molecule has 7 heteroatoms. The number of hydrogen-bond donors (Lipinski definition) is 3. The topological polar surface area (TPSA) is 105 Å². The van der Waals surface area contributed by atoms with Gasteiger partial charge in [0.1, 0.15) is 11.5 Å². The van der Waals surface area contributed by atoms with Gasteiger partial charge in [0, 0.05) is 17.3 Å². The molecule has 7 nitrogen and oxygen atoms in total. The lowest BCUT2D eigenvalue weighted by atomic mass is 9.49. The Hall–Kier alpha value is -2.50. The van der Waals surface area contributed by atoms with Gasteiger partial charge in [-0.05, 0) is 86.9 Å². The predicted molar refractivity (Wildman–Crippen MR) is 136 cm³/mol. The summed E-state index contributed by atoms with van der Waals surface area (Å²) in [5.74, 6) is 0.174. The third kappa shape index (κ3) is 2.54. The maximum absolute atomic E-state index is 11.3. The first kappa shape index (κ1) is 22.7. The first-order valence-corrected chi connectivity index (χ1v) is 13.2. The quantitative estimate of drug-likeness (QED) is 0.561. The van der Waals surface area contributed by atoms with E-state index in [-0.39, 0.29) is 17.4 Å². The molecule has 3 heterocycles. The number of hydrogen-bond acceptors (Lipinski definition) is 6. The number of aliphatic hydroxyl groups excluding tert-OH is 2. The van der Waals surface area contributed by atoms with Crippen LogP contribution in [0, 0.1) is 28.1 Å². The Morgan fingerprint density at radius 2 is 2.03 bits per heavy atom. The summed E-state index contributed by atoms with van der Waals surface area (Å²) in [6, 6.07) is 9.01. The van der Waals surface area contributed by atoms with Crippen LogP contribution in [0.1, 0.15) is 51.0 Å². The Bertz CT molecular complexity index is 1370. The molecule has 188 valence electrons. The minimum absolute atomic E-state index is 0.109. The maximum atomic E-state index is 11.3. The molecule has 1 aromatic carbocycles. The Balaban J connectivity index is 1.33. The molecule has 7 rings (SSSR count). The molecule has 3 aliphatic carbocycles. The molecule has 2 aliphatic heterocycles. The van der Waals surface area contributed by atoms with Gasteiger partial charge in [-0.15, -0.1) is 0 Å². The van der Waals surface area contributed by atoms with Crippen LogP contribution in [-0.4, -0.2) is 68.9 Å². The van der Waals surface area contributed by atoms with Crippen LogP contribution >= 0.6 is 0 Å². The second-order valence-corrected chi connectivity index (χ2v) is 12.3. The van der Waals surface area contributed by atoms with Crippen LogP contribution in [0.3, 0.4) is 0 Å². The molecule has 8 unspecified atom stereocenters. The van der Waals surface area contributed by atoms with E-state index in [1.165, 1.54) is 11.1 Å². The Morgan fingerprint density at radius 3 is 2.81 bits per heavy atom. The molecule has 2 bridgehead atoms. The van der Waals surface area contributed by atoms with Crippen LogP contribution < -0.4 is 0 Å². The number of ether oxygens (including phenoxy) is 1. The summed E-state index contributed by atoms with van der Waals surface area (Å²) in [5.41, 5.74) is 2.21. The van der Waals surface area contributed by atoms with Crippen LogP contribution in [0.25, 0.3) is 16.5 Å². The van der Waals surface area contributed by atoms with E-state index in [1.54, 1.807) is 0 Å². The molecule has 5 aliphatic rings. The molecule has 2 spiro atoms. The normalized spacial score (nSPS) is 45.0. The van der Waals surface area contributed by atoms with Gasteiger partial charge in [0.25, 0.3) is 0 Å². The Labute approximate surface area is 211 Å².